The number of carbonyl (C=O) groups excluding carboxylic acids is 1. The van der Waals surface area contributed by atoms with E-state index in [1.165, 1.54) is 31.0 Å². The predicted molar refractivity (Wildman–Crippen MR) is 122 cm³/mol. The van der Waals surface area contributed by atoms with Gasteiger partial charge in [-0.15, -0.1) is 5.10 Å². The van der Waals surface area contributed by atoms with Gasteiger partial charge in [0.15, 0.2) is 17.6 Å². The van der Waals surface area contributed by atoms with Gasteiger partial charge in [0.25, 0.3) is 11.5 Å². The van der Waals surface area contributed by atoms with Gasteiger partial charge in [0, 0.05) is 28.9 Å². The van der Waals surface area contributed by atoms with Crippen LogP contribution in [0.5, 0.6) is 17.4 Å². The number of rotatable bonds is 8. The van der Waals surface area contributed by atoms with E-state index in [-0.39, 0.29) is 17.3 Å². The predicted octanol–water partition coefficient (Wildman–Crippen LogP) is 4.01. The highest BCUT2D eigenvalue weighted by Crippen LogP contribution is 2.30. The zero-order valence-corrected chi connectivity index (χ0v) is 19.0. The number of carbonyl (C=O) groups is 1. The lowest BCUT2D eigenvalue weighted by Crippen LogP contribution is -2.33. The van der Waals surface area contributed by atoms with E-state index < -0.39 is 6.10 Å². The summed E-state index contributed by atoms with van der Waals surface area (Å²) in [6.07, 6.45) is -0.446. The van der Waals surface area contributed by atoms with Crippen LogP contribution in [-0.4, -0.2) is 36.0 Å². The standard InChI is InChI=1S/C23H24ClN3O5/c1-5-18(23(29)25-16-8-9-19(30-3)20(13-16)31-4)32-21-10-11-22(28)27(26-21)17-12-15(24)7-6-14(17)2/h6-13,18H,5H2,1-4H3,(H,25,29)/t18-/m1/s1. The molecule has 168 valence electrons. The van der Waals surface area contributed by atoms with Crippen molar-refractivity contribution in [1.82, 2.24) is 9.78 Å². The first-order valence-corrected chi connectivity index (χ1v) is 10.3. The van der Waals surface area contributed by atoms with Crippen molar-refractivity contribution in [3.05, 3.63) is 69.5 Å². The molecule has 3 rings (SSSR count). The van der Waals surface area contributed by atoms with Crippen LogP contribution in [0.15, 0.2) is 53.3 Å². The monoisotopic (exact) mass is 457 g/mol. The second kappa shape index (κ2) is 10.2. The Kier molecular flexibility index (Phi) is 7.37. The molecule has 0 bridgehead atoms. The number of ether oxygens (including phenoxy) is 3. The molecule has 0 saturated carbocycles. The Labute approximate surface area is 190 Å². The van der Waals surface area contributed by atoms with E-state index >= 15 is 0 Å². The first-order valence-electron chi connectivity index (χ1n) is 9.92. The molecule has 0 unspecified atom stereocenters. The maximum absolute atomic E-state index is 12.8. The van der Waals surface area contributed by atoms with E-state index in [0.29, 0.717) is 34.3 Å². The fourth-order valence-electron chi connectivity index (χ4n) is 3.05. The lowest BCUT2D eigenvalue weighted by molar-refractivity contribution is -0.123. The van der Waals surface area contributed by atoms with Crippen molar-refractivity contribution in [2.75, 3.05) is 19.5 Å². The molecule has 2 aromatic carbocycles. The molecule has 0 spiro atoms. The van der Waals surface area contributed by atoms with Gasteiger partial charge >= 0.3 is 0 Å². The van der Waals surface area contributed by atoms with Crippen LogP contribution in [0.1, 0.15) is 18.9 Å². The number of aryl methyl sites for hydroxylation is 1. The van der Waals surface area contributed by atoms with Gasteiger partial charge in [0.1, 0.15) is 0 Å². The number of hydrogen-bond acceptors (Lipinski definition) is 6. The van der Waals surface area contributed by atoms with Gasteiger partial charge in [-0.1, -0.05) is 24.6 Å². The van der Waals surface area contributed by atoms with Crippen molar-refractivity contribution < 1.29 is 19.0 Å². The van der Waals surface area contributed by atoms with Gasteiger partial charge in [0.05, 0.1) is 19.9 Å². The lowest BCUT2D eigenvalue weighted by Gasteiger charge is -2.18. The molecule has 8 nitrogen and oxygen atoms in total. The maximum Gasteiger partial charge on any atom is 0.271 e. The summed E-state index contributed by atoms with van der Waals surface area (Å²) in [4.78, 5) is 25.2. The second-order valence-electron chi connectivity index (χ2n) is 6.93. The minimum Gasteiger partial charge on any atom is -0.493 e. The summed E-state index contributed by atoms with van der Waals surface area (Å²) in [6.45, 7) is 3.66. The van der Waals surface area contributed by atoms with Crippen LogP contribution in [0, 0.1) is 6.92 Å². The van der Waals surface area contributed by atoms with Crippen LogP contribution < -0.4 is 25.1 Å². The van der Waals surface area contributed by atoms with Crippen LogP contribution in [-0.2, 0) is 4.79 Å². The number of methoxy groups -OCH3 is 2. The van der Waals surface area contributed by atoms with Crippen LogP contribution >= 0.6 is 11.6 Å². The molecule has 0 saturated heterocycles. The third-order valence-corrected chi connectivity index (χ3v) is 4.99. The minimum absolute atomic E-state index is 0.137. The fourth-order valence-corrected chi connectivity index (χ4v) is 3.21. The molecule has 1 amide bonds. The van der Waals surface area contributed by atoms with E-state index in [0.717, 1.165) is 5.56 Å². The zero-order valence-electron chi connectivity index (χ0n) is 18.2. The molecule has 0 radical (unpaired) electrons. The van der Waals surface area contributed by atoms with Gasteiger partial charge in [0.2, 0.25) is 5.88 Å². The molecule has 1 aromatic heterocycles. The summed E-state index contributed by atoms with van der Waals surface area (Å²) in [5, 5.41) is 7.56. The Balaban J connectivity index is 1.82. The first kappa shape index (κ1) is 23.1. The molecule has 3 aromatic rings. The molecule has 1 atom stereocenters. The number of benzene rings is 2. The average Bonchev–Trinajstić information content (AvgIpc) is 2.79. The van der Waals surface area contributed by atoms with Crippen molar-refractivity contribution in [3.8, 4) is 23.1 Å². The summed E-state index contributed by atoms with van der Waals surface area (Å²) in [5.74, 6) is 0.818. The Bertz CT molecular complexity index is 1180. The zero-order chi connectivity index (χ0) is 23.3. The Morgan fingerprint density at radius 1 is 1.09 bits per heavy atom. The highest BCUT2D eigenvalue weighted by Gasteiger charge is 2.20. The number of amides is 1. The Hall–Kier alpha value is -3.52. The topological polar surface area (TPSA) is 91.7 Å². The van der Waals surface area contributed by atoms with Gasteiger partial charge in [-0.2, -0.15) is 4.68 Å². The fraction of sp³-hybridized carbons (Fsp3) is 0.261. The summed E-state index contributed by atoms with van der Waals surface area (Å²) in [7, 11) is 3.05. The number of anilines is 1. The largest absolute Gasteiger partial charge is 0.493 e. The van der Waals surface area contributed by atoms with E-state index in [1.807, 2.05) is 13.8 Å². The number of aromatic nitrogens is 2. The normalized spacial score (nSPS) is 11.5. The number of halogens is 1. The van der Waals surface area contributed by atoms with Gasteiger partial charge < -0.3 is 19.5 Å². The van der Waals surface area contributed by atoms with Crippen LogP contribution in [0.2, 0.25) is 5.02 Å². The van der Waals surface area contributed by atoms with Crippen molar-refractivity contribution >= 4 is 23.2 Å². The van der Waals surface area contributed by atoms with E-state index in [2.05, 4.69) is 10.4 Å². The van der Waals surface area contributed by atoms with Crippen molar-refractivity contribution in [1.29, 1.82) is 0 Å². The van der Waals surface area contributed by atoms with Crippen molar-refractivity contribution in [3.63, 3.8) is 0 Å². The van der Waals surface area contributed by atoms with Gasteiger partial charge in [-0.3, -0.25) is 9.59 Å². The maximum atomic E-state index is 12.8. The molecule has 9 heteroatoms. The highest BCUT2D eigenvalue weighted by atomic mass is 35.5. The smallest absolute Gasteiger partial charge is 0.271 e. The Morgan fingerprint density at radius 2 is 1.84 bits per heavy atom. The second-order valence-corrected chi connectivity index (χ2v) is 7.36. The molecule has 0 aliphatic carbocycles. The molecule has 1 heterocycles. The molecule has 1 N–H and O–H groups in total. The molecule has 0 aliphatic heterocycles. The molecule has 32 heavy (non-hydrogen) atoms. The summed E-state index contributed by atoms with van der Waals surface area (Å²) >= 11 is 6.08. The average molecular weight is 458 g/mol. The number of nitrogens with one attached hydrogen (secondary N) is 1. The molecular weight excluding hydrogens is 434 g/mol. The summed E-state index contributed by atoms with van der Waals surface area (Å²) < 4.78 is 17.5. The molecular formula is C23H24ClN3O5. The quantitative estimate of drug-likeness (QED) is 0.549. The van der Waals surface area contributed by atoms with Crippen LogP contribution in [0.4, 0.5) is 5.69 Å². The third kappa shape index (κ3) is 5.20. The van der Waals surface area contributed by atoms with E-state index in [4.69, 9.17) is 25.8 Å². The summed E-state index contributed by atoms with van der Waals surface area (Å²) in [5.41, 5.74) is 1.54. The molecule has 0 aliphatic rings. The van der Waals surface area contributed by atoms with Crippen molar-refractivity contribution in [2.24, 2.45) is 0 Å². The SMILES string of the molecule is CC[C@@H](Oc1ccc(=O)n(-c2cc(Cl)ccc2C)n1)C(=O)Nc1ccc(OC)c(OC)c1. The van der Waals surface area contributed by atoms with Crippen molar-refractivity contribution in [2.45, 2.75) is 26.4 Å². The number of nitrogens with zero attached hydrogens (tertiary/aromatic N) is 2. The summed E-state index contributed by atoms with van der Waals surface area (Å²) in [6, 6.07) is 13.0. The van der Waals surface area contributed by atoms with Crippen LogP contribution in [0.3, 0.4) is 0 Å². The minimum atomic E-state index is -0.831. The van der Waals surface area contributed by atoms with Gasteiger partial charge in [-0.05, 0) is 43.2 Å². The van der Waals surface area contributed by atoms with Crippen LogP contribution in [0.25, 0.3) is 5.69 Å². The lowest BCUT2D eigenvalue weighted by atomic mass is 10.2. The molecule has 0 fully saturated rings. The highest BCUT2D eigenvalue weighted by molar-refractivity contribution is 6.30. The van der Waals surface area contributed by atoms with E-state index in [1.54, 1.807) is 36.4 Å². The number of hydrogen-bond donors (Lipinski definition) is 1. The third-order valence-electron chi connectivity index (χ3n) is 4.75. The van der Waals surface area contributed by atoms with E-state index in [9.17, 15) is 9.59 Å². The van der Waals surface area contributed by atoms with Gasteiger partial charge in [-0.25, -0.2) is 0 Å². The first-order chi connectivity index (χ1) is 15.4. The Morgan fingerprint density at radius 3 is 2.53 bits per heavy atom.